The van der Waals surface area contributed by atoms with Crippen molar-refractivity contribution in [3.63, 3.8) is 0 Å². The Morgan fingerprint density at radius 2 is 2.04 bits per heavy atom. The maximum atomic E-state index is 13.2. The zero-order valence-corrected chi connectivity index (χ0v) is 16.2. The van der Waals surface area contributed by atoms with E-state index in [-0.39, 0.29) is 17.9 Å². The summed E-state index contributed by atoms with van der Waals surface area (Å²) in [5.74, 6) is -0.921. The fraction of sp³-hybridized carbons (Fsp3) is 0.550. The van der Waals surface area contributed by atoms with Gasteiger partial charge in [0.15, 0.2) is 0 Å². The van der Waals surface area contributed by atoms with E-state index in [2.05, 4.69) is 31.4 Å². The van der Waals surface area contributed by atoms with E-state index in [0.29, 0.717) is 30.0 Å². The third-order valence-corrected chi connectivity index (χ3v) is 5.39. The number of hydrogen-bond donors (Lipinski definition) is 2. The van der Waals surface area contributed by atoms with E-state index >= 15 is 0 Å². The van der Waals surface area contributed by atoms with E-state index in [9.17, 15) is 18.8 Å². The smallest absolute Gasteiger partial charge is 0.324 e. The monoisotopic (exact) mass is 375 g/mol. The average Bonchev–Trinajstić information content (AvgIpc) is 2.72. The zero-order valence-electron chi connectivity index (χ0n) is 16.2. The Morgan fingerprint density at radius 1 is 1.33 bits per heavy atom. The first kappa shape index (κ1) is 19.3. The third-order valence-electron chi connectivity index (χ3n) is 5.39. The Morgan fingerprint density at radius 3 is 2.67 bits per heavy atom. The van der Waals surface area contributed by atoms with Gasteiger partial charge in [-0.15, -0.1) is 0 Å². The Balaban J connectivity index is 1.73. The Hall–Kier alpha value is -2.44. The van der Waals surface area contributed by atoms with Gasteiger partial charge in [0.1, 0.15) is 17.9 Å². The summed E-state index contributed by atoms with van der Waals surface area (Å²) in [5, 5.41) is 5.49. The van der Waals surface area contributed by atoms with Gasteiger partial charge in [-0.3, -0.25) is 14.5 Å². The maximum absolute atomic E-state index is 13.2. The van der Waals surface area contributed by atoms with E-state index in [4.69, 9.17) is 0 Å². The van der Waals surface area contributed by atoms with Crippen LogP contribution < -0.4 is 10.6 Å². The number of nitrogens with zero attached hydrogens (tertiary/aromatic N) is 1. The van der Waals surface area contributed by atoms with Crippen molar-refractivity contribution >= 4 is 23.5 Å². The van der Waals surface area contributed by atoms with Crippen LogP contribution in [0.1, 0.15) is 45.6 Å². The Labute approximate surface area is 158 Å². The molecule has 146 valence electrons. The molecule has 1 saturated carbocycles. The van der Waals surface area contributed by atoms with Crippen molar-refractivity contribution in [3.8, 4) is 0 Å². The zero-order chi connectivity index (χ0) is 20.0. The van der Waals surface area contributed by atoms with E-state index in [1.54, 1.807) is 6.92 Å². The van der Waals surface area contributed by atoms with Crippen LogP contribution in [-0.4, -0.2) is 34.8 Å². The van der Waals surface area contributed by atoms with Crippen molar-refractivity contribution in [2.24, 2.45) is 11.3 Å². The summed E-state index contributed by atoms with van der Waals surface area (Å²) < 4.78 is 13.2. The van der Waals surface area contributed by atoms with Crippen molar-refractivity contribution in [1.82, 2.24) is 10.2 Å². The quantitative estimate of drug-likeness (QED) is 0.797. The molecule has 6 nitrogen and oxygen atoms in total. The van der Waals surface area contributed by atoms with Crippen molar-refractivity contribution in [2.45, 2.75) is 52.5 Å². The molecule has 7 heteroatoms. The van der Waals surface area contributed by atoms with Crippen LogP contribution in [0.4, 0.5) is 14.9 Å². The lowest BCUT2D eigenvalue weighted by Crippen LogP contribution is -2.54. The number of imide groups is 1. The summed E-state index contributed by atoms with van der Waals surface area (Å²) in [6, 6.07) is 3.48. The van der Waals surface area contributed by atoms with Crippen LogP contribution in [0.3, 0.4) is 0 Å². The molecule has 1 saturated heterocycles. The lowest BCUT2D eigenvalue weighted by atomic mass is 9.64. The van der Waals surface area contributed by atoms with Gasteiger partial charge >= 0.3 is 6.03 Å². The van der Waals surface area contributed by atoms with Gasteiger partial charge in [-0.2, -0.15) is 0 Å². The molecule has 1 heterocycles. The lowest BCUT2D eigenvalue weighted by Gasteiger charge is -2.43. The maximum Gasteiger partial charge on any atom is 0.325 e. The van der Waals surface area contributed by atoms with Crippen molar-refractivity contribution < 1.29 is 18.8 Å². The molecule has 1 aliphatic carbocycles. The number of hydrogen-bond acceptors (Lipinski definition) is 3. The predicted molar refractivity (Wildman–Crippen MR) is 99.5 cm³/mol. The SMILES string of the molecule is Cc1cc(F)ccc1NC(=O)CN1C(=O)N[C@@]2(C[C@@H](C)CC(C)(C)C2)C1=O. The van der Waals surface area contributed by atoms with Gasteiger partial charge in [-0.1, -0.05) is 20.8 Å². The van der Waals surface area contributed by atoms with Crippen LogP contribution in [-0.2, 0) is 9.59 Å². The van der Waals surface area contributed by atoms with E-state index < -0.39 is 23.3 Å². The van der Waals surface area contributed by atoms with Gasteiger partial charge in [0.2, 0.25) is 5.91 Å². The molecule has 1 aliphatic heterocycles. The van der Waals surface area contributed by atoms with Crippen LogP contribution in [0, 0.1) is 24.1 Å². The highest BCUT2D eigenvalue weighted by Crippen LogP contribution is 2.46. The molecule has 0 radical (unpaired) electrons. The molecule has 2 fully saturated rings. The number of aryl methyl sites for hydroxylation is 1. The number of nitrogens with one attached hydrogen (secondary N) is 2. The summed E-state index contributed by atoms with van der Waals surface area (Å²) >= 11 is 0. The minimum Gasteiger partial charge on any atom is -0.324 e. The minimum absolute atomic E-state index is 0.0654. The van der Waals surface area contributed by atoms with Gasteiger partial charge in [-0.05, 0) is 61.3 Å². The second-order valence-corrected chi connectivity index (χ2v) is 8.77. The highest BCUT2D eigenvalue weighted by molar-refractivity contribution is 6.10. The molecular weight excluding hydrogens is 349 g/mol. The summed E-state index contributed by atoms with van der Waals surface area (Å²) in [6.45, 7) is 7.58. The molecule has 2 aliphatic rings. The third kappa shape index (κ3) is 3.82. The van der Waals surface area contributed by atoms with Crippen LogP contribution >= 0.6 is 0 Å². The second-order valence-electron chi connectivity index (χ2n) is 8.77. The van der Waals surface area contributed by atoms with Crippen LogP contribution in [0.25, 0.3) is 0 Å². The highest BCUT2D eigenvalue weighted by atomic mass is 19.1. The summed E-state index contributed by atoms with van der Waals surface area (Å²) in [6.07, 6.45) is 2.13. The Bertz CT molecular complexity index is 808. The molecule has 1 aromatic carbocycles. The normalized spacial score (nSPS) is 27.0. The van der Waals surface area contributed by atoms with Gasteiger partial charge in [0.25, 0.3) is 5.91 Å². The topological polar surface area (TPSA) is 78.5 Å². The first-order valence-corrected chi connectivity index (χ1v) is 9.21. The molecule has 4 amide bonds. The number of anilines is 1. The molecule has 2 atom stereocenters. The van der Waals surface area contributed by atoms with Crippen molar-refractivity contribution in [2.75, 3.05) is 11.9 Å². The van der Waals surface area contributed by atoms with Crippen LogP contribution in [0.2, 0.25) is 0 Å². The molecule has 2 N–H and O–H groups in total. The van der Waals surface area contributed by atoms with Crippen molar-refractivity contribution in [1.29, 1.82) is 0 Å². The van der Waals surface area contributed by atoms with E-state index in [1.165, 1.54) is 18.2 Å². The first-order valence-electron chi connectivity index (χ1n) is 9.21. The molecule has 0 unspecified atom stereocenters. The fourth-order valence-corrected chi connectivity index (χ4v) is 4.75. The van der Waals surface area contributed by atoms with Gasteiger partial charge in [0.05, 0.1) is 0 Å². The lowest BCUT2D eigenvalue weighted by molar-refractivity contribution is -0.136. The van der Waals surface area contributed by atoms with E-state index in [1.807, 2.05) is 0 Å². The average molecular weight is 375 g/mol. The highest BCUT2D eigenvalue weighted by Gasteiger charge is 2.56. The summed E-state index contributed by atoms with van der Waals surface area (Å²) in [5.41, 5.74) is 0.0319. The Kier molecular flexibility index (Phi) is 4.74. The summed E-state index contributed by atoms with van der Waals surface area (Å²) in [4.78, 5) is 38.8. The largest absolute Gasteiger partial charge is 0.325 e. The number of amides is 4. The predicted octanol–water partition coefficient (Wildman–Crippen LogP) is 3.21. The van der Waals surface area contributed by atoms with Crippen LogP contribution in [0.15, 0.2) is 18.2 Å². The number of rotatable bonds is 3. The number of benzene rings is 1. The number of carbonyl (C=O) groups excluding carboxylic acids is 3. The molecule has 3 rings (SSSR count). The second kappa shape index (κ2) is 6.62. The van der Waals surface area contributed by atoms with Gasteiger partial charge in [-0.25, -0.2) is 9.18 Å². The van der Waals surface area contributed by atoms with Gasteiger partial charge in [0, 0.05) is 5.69 Å². The molecule has 1 spiro atoms. The van der Waals surface area contributed by atoms with E-state index in [0.717, 1.165) is 11.3 Å². The number of halogens is 1. The molecule has 0 aromatic heterocycles. The fourth-order valence-electron chi connectivity index (χ4n) is 4.75. The van der Waals surface area contributed by atoms with Gasteiger partial charge < -0.3 is 10.6 Å². The van der Waals surface area contributed by atoms with Crippen LogP contribution in [0.5, 0.6) is 0 Å². The molecule has 27 heavy (non-hydrogen) atoms. The number of urea groups is 1. The summed E-state index contributed by atoms with van der Waals surface area (Å²) in [7, 11) is 0. The first-order chi connectivity index (χ1) is 12.5. The molecular formula is C20H26FN3O3. The number of carbonyl (C=O) groups is 3. The standard InChI is InChI=1S/C20H26FN3O3/c1-12-8-19(3,4)11-20(9-12)17(26)24(18(27)23-20)10-16(25)22-15-6-5-14(21)7-13(15)2/h5-7,12H,8-11H2,1-4H3,(H,22,25)(H,23,27)/t12-,20+/m0/s1. The molecule has 0 bridgehead atoms. The molecule has 1 aromatic rings. The van der Waals surface area contributed by atoms with Crippen molar-refractivity contribution in [3.05, 3.63) is 29.6 Å². The minimum atomic E-state index is -0.926.